The van der Waals surface area contributed by atoms with Crippen LogP contribution in [0.15, 0.2) is 16.1 Å². The number of anilines is 1. The molecule has 2 heterocycles. The third-order valence-corrected chi connectivity index (χ3v) is 3.39. The highest BCUT2D eigenvalue weighted by atomic mass is 32.1. The Morgan fingerprint density at radius 2 is 2.29 bits per heavy atom. The molecule has 0 aliphatic carbocycles. The monoisotopic (exact) mass is 251 g/mol. The van der Waals surface area contributed by atoms with E-state index in [0.29, 0.717) is 23.1 Å². The van der Waals surface area contributed by atoms with Gasteiger partial charge in [0.15, 0.2) is 5.76 Å². The summed E-state index contributed by atoms with van der Waals surface area (Å²) in [5.41, 5.74) is 1.01. The van der Waals surface area contributed by atoms with Crippen LogP contribution in [0.4, 0.5) is 5.69 Å². The lowest BCUT2D eigenvalue weighted by molar-refractivity contribution is 0.102. The van der Waals surface area contributed by atoms with Crippen LogP contribution >= 0.6 is 11.3 Å². The number of hydrogen-bond donors (Lipinski definition) is 1. The number of rotatable bonds is 3. The summed E-state index contributed by atoms with van der Waals surface area (Å²) in [4.78, 5) is 16.1. The van der Waals surface area contributed by atoms with E-state index < -0.39 is 0 Å². The van der Waals surface area contributed by atoms with Crippen LogP contribution in [0.25, 0.3) is 0 Å². The van der Waals surface area contributed by atoms with Gasteiger partial charge in [-0.2, -0.15) is 0 Å². The van der Waals surface area contributed by atoms with E-state index in [2.05, 4.69) is 15.5 Å². The summed E-state index contributed by atoms with van der Waals surface area (Å²) in [5.74, 6) is 0.677. The lowest BCUT2D eigenvalue weighted by Gasteiger charge is -2.00. The van der Waals surface area contributed by atoms with Crippen LogP contribution in [0, 0.1) is 6.92 Å². The summed E-state index contributed by atoms with van der Waals surface area (Å²) in [6, 6.07) is 0. The number of carbonyl (C=O) groups excluding carboxylic acids is 1. The fourth-order valence-electron chi connectivity index (χ4n) is 1.26. The van der Waals surface area contributed by atoms with Gasteiger partial charge in [-0.05, 0) is 6.92 Å². The lowest BCUT2D eigenvalue weighted by atomic mass is 10.2. The molecule has 0 fully saturated rings. The summed E-state index contributed by atoms with van der Waals surface area (Å²) in [7, 11) is 0. The molecule has 1 amide bonds. The number of carbonyl (C=O) groups is 1. The number of aryl methyl sites for hydroxylation is 1. The van der Waals surface area contributed by atoms with E-state index in [4.69, 9.17) is 4.52 Å². The normalized spacial score (nSPS) is 10.8. The molecule has 6 heteroatoms. The van der Waals surface area contributed by atoms with E-state index in [-0.39, 0.29) is 5.91 Å². The molecule has 0 bridgehead atoms. The zero-order chi connectivity index (χ0) is 12.4. The van der Waals surface area contributed by atoms with Crippen LogP contribution in [0.5, 0.6) is 0 Å². The fraction of sp³-hybridized carbons (Fsp3) is 0.364. The topological polar surface area (TPSA) is 68.0 Å². The molecule has 2 aromatic rings. The molecule has 0 aliphatic rings. The summed E-state index contributed by atoms with van der Waals surface area (Å²) < 4.78 is 4.86. The van der Waals surface area contributed by atoms with E-state index in [1.807, 2.05) is 13.8 Å². The van der Waals surface area contributed by atoms with Crippen LogP contribution < -0.4 is 5.32 Å². The molecule has 0 saturated heterocycles. The highest BCUT2D eigenvalue weighted by Gasteiger charge is 2.14. The Kier molecular flexibility index (Phi) is 3.23. The maximum Gasteiger partial charge on any atom is 0.275 e. The number of thiazole rings is 1. The van der Waals surface area contributed by atoms with Crippen LogP contribution in [0.1, 0.15) is 41.0 Å². The molecule has 0 aromatic carbocycles. The Morgan fingerprint density at radius 3 is 2.82 bits per heavy atom. The smallest absolute Gasteiger partial charge is 0.275 e. The second-order valence-electron chi connectivity index (χ2n) is 3.98. The van der Waals surface area contributed by atoms with Gasteiger partial charge in [-0.25, -0.2) is 4.98 Å². The molecule has 0 spiro atoms. The summed E-state index contributed by atoms with van der Waals surface area (Å²) in [6.45, 7) is 5.83. The summed E-state index contributed by atoms with van der Waals surface area (Å²) in [5, 5.41) is 9.02. The van der Waals surface area contributed by atoms with Gasteiger partial charge in [0.1, 0.15) is 11.4 Å². The average molecular weight is 251 g/mol. The first kappa shape index (κ1) is 11.8. The van der Waals surface area contributed by atoms with Gasteiger partial charge in [0.25, 0.3) is 5.91 Å². The van der Waals surface area contributed by atoms with Gasteiger partial charge in [0, 0.05) is 11.3 Å². The second kappa shape index (κ2) is 4.67. The Balaban J connectivity index is 2.12. The fourth-order valence-corrected chi connectivity index (χ4v) is 2.08. The van der Waals surface area contributed by atoms with Crippen molar-refractivity contribution in [1.82, 2.24) is 10.1 Å². The van der Waals surface area contributed by atoms with E-state index in [1.165, 1.54) is 17.5 Å². The van der Waals surface area contributed by atoms with Crippen molar-refractivity contribution in [2.24, 2.45) is 0 Å². The van der Waals surface area contributed by atoms with Gasteiger partial charge in [0.2, 0.25) is 0 Å². The van der Waals surface area contributed by atoms with Gasteiger partial charge in [-0.15, -0.1) is 11.3 Å². The number of nitrogens with one attached hydrogen (secondary N) is 1. The minimum Gasteiger partial charge on any atom is -0.359 e. The first-order chi connectivity index (χ1) is 8.08. The Hall–Kier alpha value is -1.69. The zero-order valence-electron chi connectivity index (χ0n) is 9.85. The molecule has 90 valence electrons. The first-order valence-electron chi connectivity index (χ1n) is 5.26. The molecule has 1 N–H and O–H groups in total. The Bertz CT molecular complexity index is 530. The molecule has 0 unspecified atom stereocenters. The van der Waals surface area contributed by atoms with Crippen LogP contribution in [0.2, 0.25) is 0 Å². The molecule has 0 aliphatic heterocycles. The van der Waals surface area contributed by atoms with E-state index in [9.17, 15) is 4.79 Å². The van der Waals surface area contributed by atoms with Crippen LogP contribution in [-0.2, 0) is 0 Å². The maximum absolute atomic E-state index is 11.9. The maximum atomic E-state index is 11.9. The largest absolute Gasteiger partial charge is 0.359 e. The van der Waals surface area contributed by atoms with Gasteiger partial charge in [-0.3, -0.25) is 4.79 Å². The average Bonchev–Trinajstić information content (AvgIpc) is 2.88. The van der Waals surface area contributed by atoms with Crippen molar-refractivity contribution in [3.63, 3.8) is 0 Å². The lowest BCUT2D eigenvalue weighted by Crippen LogP contribution is -2.12. The van der Waals surface area contributed by atoms with Crippen molar-refractivity contribution in [2.75, 3.05) is 5.32 Å². The zero-order valence-corrected chi connectivity index (χ0v) is 10.7. The SMILES string of the molecule is Cc1oncc1NC(=O)c1csc(C(C)C)n1. The molecule has 2 rings (SSSR count). The molecule has 0 saturated carbocycles. The van der Waals surface area contributed by atoms with Gasteiger partial charge in [0.05, 0.1) is 11.2 Å². The van der Waals surface area contributed by atoms with E-state index in [1.54, 1.807) is 12.3 Å². The van der Waals surface area contributed by atoms with Crippen LogP contribution in [-0.4, -0.2) is 16.0 Å². The minimum absolute atomic E-state index is 0.237. The highest BCUT2D eigenvalue weighted by molar-refractivity contribution is 7.09. The van der Waals surface area contributed by atoms with Crippen LogP contribution in [0.3, 0.4) is 0 Å². The van der Waals surface area contributed by atoms with Crippen molar-refractivity contribution in [3.05, 3.63) is 28.0 Å². The Morgan fingerprint density at radius 1 is 1.53 bits per heavy atom. The number of nitrogens with zero attached hydrogens (tertiary/aromatic N) is 2. The standard InChI is InChI=1S/C11H13N3O2S/c1-6(2)11-14-9(5-17-11)10(15)13-8-4-12-16-7(8)3/h4-6H,1-3H3,(H,13,15). The first-order valence-corrected chi connectivity index (χ1v) is 6.14. The predicted molar refractivity (Wildman–Crippen MR) is 65.4 cm³/mol. The molecular formula is C11H13N3O2S. The van der Waals surface area contributed by atoms with Gasteiger partial charge >= 0.3 is 0 Å². The van der Waals surface area contributed by atoms with Crippen molar-refractivity contribution in [3.8, 4) is 0 Å². The van der Waals surface area contributed by atoms with Crippen molar-refractivity contribution < 1.29 is 9.32 Å². The predicted octanol–water partition coefficient (Wildman–Crippen LogP) is 2.82. The number of amides is 1. The minimum atomic E-state index is -0.237. The van der Waals surface area contributed by atoms with Crippen molar-refractivity contribution in [2.45, 2.75) is 26.7 Å². The third-order valence-electron chi connectivity index (χ3n) is 2.25. The molecule has 0 radical (unpaired) electrons. The number of aromatic nitrogens is 2. The van der Waals surface area contributed by atoms with Crippen molar-refractivity contribution >= 4 is 22.9 Å². The summed E-state index contributed by atoms with van der Waals surface area (Å²) in [6.07, 6.45) is 1.48. The molecule has 17 heavy (non-hydrogen) atoms. The number of hydrogen-bond acceptors (Lipinski definition) is 5. The molecule has 5 nitrogen and oxygen atoms in total. The Labute approximate surface area is 103 Å². The molecule has 0 atom stereocenters. The van der Waals surface area contributed by atoms with Crippen molar-refractivity contribution in [1.29, 1.82) is 0 Å². The van der Waals surface area contributed by atoms with Gasteiger partial charge in [-0.1, -0.05) is 19.0 Å². The third kappa shape index (κ3) is 2.52. The summed E-state index contributed by atoms with van der Waals surface area (Å²) >= 11 is 1.49. The molecule has 2 aromatic heterocycles. The highest BCUT2D eigenvalue weighted by Crippen LogP contribution is 2.20. The second-order valence-corrected chi connectivity index (χ2v) is 4.87. The molecular weight excluding hydrogens is 238 g/mol. The van der Waals surface area contributed by atoms with Gasteiger partial charge < -0.3 is 9.84 Å². The van der Waals surface area contributed by atoms with E-state index >= 15 is 0 Å². The van der Waals surface area contributed by atoms with E-state index in [0.717, 1.165) is 5.01 Å². The quantitative estimate of drug-likeness (QED) is 0.910.